The van der Waals surface area contributed by atoms with E-state index in [4.69, 9.17) is 21.7 Å². The molecule has 0 radical (unpaired) electrons. The highest BCUT2D eigenvalue weighted by Crippen LogP contribution is 2.24. The van der Waals surface area contributed by atoms with Gasteiger partial charge in [0.05, 0.1) is 24.3 Å². The largest absolute Gasteiger partial charge is 0.493 e. The molecule has 2 rings (SSSR count). The van der Waals surface area contributed by atoms with Crippen LogP contribution >= 0.6 is 28.1 Å². The lowest BCUT2D eigenvalue weighted by atomic mass is 10.2. The highest BCUT2D eigenvalue weighted by molar-refractivity contribution is 9.10. The van der Waals surface area contributed by atoms with Gasteiger partial charge in [-0.05, 0) is 54.9 Å². The molecular weight excluding hydrogens is 482 g/mol. The number of amides is 2. The highest BCUT2D eigenvalue weighted by Gasteiger charge is 2.16. The van der Waals surface area contributed by atoms with E-state index in [1.807, 2.05) is 20.8 Å². The van der Waals surface area contributed by atoms with Crippen molar-refractivity contribution in [2.45, 2.75) is 27.2 Å². The normalized spacial score (nSPS) is 10.4. The summed E-state index contributed by atoms with van der Waals surface area (Å²) in [5.41, 5.74) is 5.69. The first-order valence-corrected chi connectivity index (χ1v) is 11.1. The van der Waals surface area contributed by atoms with Crippen molar-refractivity contribution in [2.75, 3.05) is 13.2 Å². The first kappa shape index (κ1) is 24.6. The van der Waals surface area contributed by atoms with Gasteiger partial charge in [-0.25, -0.2) is 0 Å². The minimum Gasteiger partial charge on any atom is -0.493 e. The van der Waals surface area contributed by atoms with E-state index in [0.717, 1.165) is 10.9 Å². The van der Waals surface area contributed by atoms with E-state index in [-0.39, 0.29) is 5.11 Å². The van der Waals surface area contributed by atoms with Gasteiger partial charge in [0.25, 0.3) is 11.8 Å². The highest BCUT2D eigenvalue weighted by atomic mass is 79.9. The number of hydrazine groups is 1. The summed E-state index contributed by atoms with van der Waals surface area (Å²) in [6.07, 6.45) is 0.822. The molecule has 166 valence electrons. The summed E-state index contributed by atoms with van der Waals surface area (Å²) in [6, 6.07) is 12.0. The van der Waals surface area contributed by atoms with E-state index in [9.17, 15) is 9.59 Å². The molecule has 0 heterocycles. The maximum absolute atomic E-state index is 12.7. The van der Waals surface area contributed by atoms with E-state index in [1.165, 1.54) is 0 Å². The fourth-order valence-corrected chi connectivity index (χ4v) is 2.94. The van der Waals surface area contributed by atoms with E-state index in [0.29, 0.717) is 41.8 Å². The fourth-order valence-electron chi connectivity index (χ4n) is 2.44. The smallest absolute Gasteiger partial charge is 0.273 e. The third kappa shape index (κ3) is 7.84. The maximum atomic E-state index is 12.7. The maximum Gasteiger partial charge on any atom is 0.273 e. The van der Waals surface area contributed by atoms with Gasteiger partial charge in [0.2, 0.25) is 0 Å². The van der Waals surface area contributed by atoms with Crippen molar-refractivity contribution in [3.05, 3.63) is 58.1 Å². The molecule has 0 aliphatic rings. The Labute approximate surface area is 196 Å². The van der Waals surface area contributed by atoms with Gasteiger partial charge in [0, 0.05) is 4.47 Å². The monoisotopic (exact) mass is 507 g/mol. The van der Waals surface area contributed by atoms with Crippen LogP contribution in [0.3, 0.4) is 0 Å². The van der Waals surface area contributed by atoms with Crippen molar-refractivity contribution >= 4 is 45.1 Å². The molecular formula is C22H26BrN3O4S. The number of carbonyl (C=O) groups excluding carboxylic acids is 2. The van der Waals surface area contributed by atoms with Crippen LogP contribution in [0.5, 0.6) is 11.5 Å². The number of halogens is 1. The van der Waals surface area contributed by atoms with Crippen LogP contribution in [0.1, 0.15) is 47.9 Å². The first-order valence-electron chi connectivity index (χ1n) is 9.87. The molecule has 0 aromatic heterocycles. The zero-order valence-corrected chi connectivity index (χ0v) is 20.1. The molecule has 3 N–H and O–H groups in total. The molecule has 0 spiro atoms. The molecule has 0 atom stereocenters. The molecule has 0 aliphatic carbocycles. The Bertz CT molecular complexity index is 937. The number of thiocarbonyl (C=S) groups is 1. The summed E-state index contributed by atoms with van der Waals surface area (Å²) < 4.78 is 12.0. The van der Waals surface area contributed by atoms with Crippen LogP contribution in [0, 0.1) is 5.92 Å². The Hall–Kier alpha value is -2.65. The number of rotatable bonds is 8. The van der Waals surface area contributed by atoms with Gasteiger partial charge in [0.15, 0.2) is 5.11 Å². The number of hydrogen-bond acceptors (Lipinski definition) is 5. The van der Waals surface area contributed by atoms with Crippen LogP contribution in [-0.4, -0.2) is 30.1 Å². The quantitative estimate of drug-likeness (QED) is 0.366. The van der Waals surface area contributed by atoms with Crippen LogP contribution < -0.4 is 25.6 Å². The third-order valence-electron chi connectivity index (χ3n) is 3.87. The van der Waals surface area contributed by atoms with Gasteiger partial charge in [-0.3, -0.25) is 25.8 Å². The summed E-state index contributed by atoms with van der Waals surface area (Å²) in [6.45, 7) is 6.99. The molecule has 7 nitrogen and oxygen atoms in total. The molecule has 0 saturated heterocycles. The van der Waals surface area contributed by atoms with Gasteiger partial charge in [0.1, 0.15) is 11.5 Å². The third-order valence-corrected chi connectivity index (χ3v) is 4.57. The average molecular weight is 508 g/mol. The summed E-state index contributed by atoms with van der Waals surface area (Å²) in [4.78, 5) is 25.2. The van der Waals surface area contributed by atoms with Crippen molar-refractivity contribution in [3.8, 4) is 11.5 Å². The molecule has 0 unspecified atom stereocenters. The number of ether oxygens (including phenoxy) is 2. The number of para-hydroxylation sites is 1. The second-order valence-electron chi connectivity index (χ2n) is 7.05. The molecule has 2 aromatic rings. The second kappa shape index (κ2) is 12.3. The van der Waals surface area contributed by atoms with Crippen LogP contribution in [0.25, 0.3) is 0 Å². The van der Waals surface area contributed by atoms with E-state index in [1.54, 1.807) is 42.5 Å². The SMILES string of the molecule is CCCOc1ccccc1C(=O)NNC(=S)NC(=O)c1cc(Br)ccc1OCC(C)C. The van der Waals surface area contributed by atoms with Crippen molar-refractivity contribution < 1.29 is 19.1 Å². The molecule has 0 saturated carbocycles. The van der Waals surface area contributed by atoms with Crippen molar-refractivity contribution in [1.82, 2.24) is 16.2 Å². The second-order valence-corrected chi connectivity index (χ2v) is 8.38. The number of hydrogen-bond donors (Lipinski definition) is 3. The van der Waals surface area contributed by atoms with Gasteiger partial charge in [-0.15, -0.1) is 0 Å². The molecule has 2 aromatic carbocycles. The van der Waals surface area contributed by atoms with Gasteiger partial charge in [-0.2, -0.15) is 0 Å². The average Bonchev–Trinajstić information content (AvgIpc) is 2.75. The van der Waals surface area contributed by atoms with Gasteiger partial charge >= 0.3 is 0 Å². The lowest BCUT2D eigenvalue weighted by Gasteiger charge is -2.15. The predicted octanol–water partition coefficient (Wildman–Crippen LogP) is 4.22. The van der Waals surface area contributed by atoms with Crippen LogP contribution in [-0.2, 0) is 0 Å². The zero-order valence-electron chi connectivity index (χ0n) is 17.7. The summed E-state index contributed by atoms with van der Waals surface area (Å²) in [7, 11) is 0. The van der Waals surface area contributed by atoms with Gasteiger partial charge in [-0.1, -0.05) is 48.8 Å². The Morgan fingerprint density at radius 2 is 1.71 bits per heavy atom. The molecule has 0 bridgehead atoms. The summed E-state index contributed by atoms with van der Waals surface area (Å²) >= 11 is 8.50. The van der Waals surface area contributed by atoms with E-state index < -0.39 is 11.8 Å². The summed E-state index contributed by atoms with van der Waals surface area (Å²) in [5, 5.41) is 2.49. The number of benzene rings is 2. The predicted molar refractivity (Wildman–Crippen MR) is 127 cm³/mol. The standard InChI is InChI=1S/C22H26BrN3O4S/c1-4-11-29-18-8-6-5-7-16(18)21(28)25-26-22(31)24-20(27)17-12-15(23)9-10-19(17)30-13-14(2)3/h5-10,12,14H,4,11,13H2,1-3H3,(H,25,28)(H2,24,26,27,31). The van der Waals surface area contributed by atoms with E-state index >= 15 is 0 Å². The van der Waals surface area contributed by atoms with Gasteiger partial charge < -0.3 is 9.47 Å². The topological polar surface area (TPSA) is 88.7 Å². The Kier molecular flexibility index (Phi) is 9.74. The Morgan fingerprint density at radius 3 is 2.42 bits per heavy atom. The van der Waals surface area contributed by atoms with Crippen LogP contribution in [0.2, 0.25) is 0 Å². The van der Waals surface area contributed by atoms with Crippen molar-refractivity contribution in [2.24, 2.45) is 5.92 Å². The molecule has 31 heavy (non-hydrogen) atoms. The lowest BCUT2D eigenvalue weighted by molar-refractivity contribution is 0.0930. The minimum absolute atomic E-state index is 0.0555. The minimum atomic E-state index is -0.460. The van der Waals surface area contributed by atoms with E-state index in [2.05, 4.69) is 32.1 Å². The number of nitrogens with one attached hydrogen (secondary N) is 3. The molecule has 2 amide bonds. The van der Waals surface area contributed by atoms with Crippen molar-refractivity contribution in [3.63, 3.8) is 0 Å². The molecule has 0 aliphatic heterocycles. The fraction of sp³-hybridized carbons (Fsp3) is 0.318. The van der Waals surface area contributed by atoms with Crippen LogP contribution in [0.4, 0.5) is 0 Å². The zero-order chi connectivity index (χ0) is 22.8. The first-order chi connectivity index (χ1) is 14.8. The molecule has 9 heteroatoms. The molecule has 0 fully saturated rings. The number of carbonyl (C=O) groups is 2. The van der Waals surface area contributed by atoms with Crippen molar-refractivity contribution in [1.29, 1.82) is 0 Å². The Morgan fingerprint density at radius 1 is 1.00 bits per heavy atom. The lowest BCUT2D eigenvalue weighted by Crippen LogP contribution is -2.48. The van der Waals surface area contributed by atoms with Crippen LogP contribution in [0.15, 0.2) is 46.9 Å². The Balaban J connectivity index is 1.98. The summed E-state index contributed by atoms with van der Waals surface area (Å²) in [5.74, 6) is 0.329.